The van der Waals surface area contributed by atoms with E-state index in [1.54, 1.807) is 11.1 Å². The van der Waals surface area contributed by atoms with Gasteiger partial charge in [0.05, 0.1) is 5.69 Å². The molecule has 0 unspecified atom stereocenters. The summed E-state index contributed by atoms with van der Waals surface area (Å²) < 4.78 is 5.09. The molecule has 114 valence electrons. The summed E-state index contributed by atoms with van der Waals surface area (Å²) in [5, 5.41) is 0. The second-order valence-corrected chi connectivity index (χ2v) is 5.53. The quantitative estimate of drug-likeness (QED) is 0.849. The number of hydrogen-bond acceptors (Lipinski definition) is 4. The van der Waals surface area contributed by atoms with Crippen molar-refractivity contribution in [3.8, 4) is 0 Å². The Balaban J connectivity index is 0.000000139. The Morgan fingerprint density at radius 3 is 2.41 bits per heavy atom. The number of aryl methyl sites for hydroxylation is 2. The molecule has 0 aromatic heterocycles. The van der Waals surface area contributed by atoms with Gasteiger partial charge in [0.1, 0.15) is 6.61 Å². The van der Waals surface area contributed by atoms with Crippen LogP contribution in [0.1, 0.15) is 28.7 Å². The zero-order chi connectivity index (χ0) is 15.4. The fraction of sp³-hybridized carbons (Fsp3) is 0.278. The van der Waals surface area contributed by atoms with Crippen LogP contribution in [-0.2, 0) is 30.7 Å². The van der Waals surface area contributed by atoms with Crippen LogP contribution in [0.15, 0.2) is 47.5 Å². The number of ether oxygens (including phenoxy) is 1. The summed E-state index contributed by atoms with van der Waals surface area (Å²) in [5.41, 5.74) is 17.1. The predicted molar refractivity (Wildman–Crippen MR) is 88.9 cm³/mol. The van der Waals surface area contributed by atoms with Crippen LogP contribution in [0.3, 0.4) is 0 Å². The minimum atomic E-state index is 0.230. The summed E-state index contributed by atoms with van der Waals surface area (Å²) in [7, 11) is 0. The van der Waals surface area contributed by atoms with Crippen molar-refractivity contribution >= 4 is 11.7 Å². The van der Waals surface area contributed by atoms with Gasteiger partial charge in [0.25, 0.3) is 6.02 Å². The van der Waals surface area contributed by atoms with Gasteiger partial charge in [0.2, 0.25) is 0 Å². The number of aliphatic imine (C=N–C) groups is 1. The van der Waals surface area contributed by atoms with Crippen molar-refractivity contribution in [1.82, 2.24) is 0 Å². The van der Waals surface area contributed by atoms with Gasteiger partial charge in [-0.15, -0.1) is 0 Å². The smallest absolute Gasteiger partial charge is 0.287 e. The average Bonchev–Trinajstić information content (AvgIpc) is 3.03. The molecule has 0 radical (unpaired) electrons. The second-order valence-electron chi connectivity index (χ2n) is 5.53. The first kappa shape index (κ1) is 14.6. The van der Waals surface area contributed by atoms with E-state index in [0.29, 0.717) is 13.2 Å². The third-order valence-electron chi connectivity index (χ3n) is 4.00. The summed E-state index contributed by atoms with van der Waals surface area (Å²) >= 11 is 0. The average molecular weight is 295 g/mol. The molecule has 0 spiro atoms. The van der Waals surface area contributed by atoms with E-state index in [0.717, 1.165) is 16.8 Å². The van der Waals surface area contributed by atoms with Crippen molar-refractivity contribution in [2.75, 3.05) is 0 Å². The third kappa shape index (κ3) is 3.28. The van der Waals surface area contributed by atoms with Gasteiger partial charge in [-0.2, -0.15) is 4.99 Å². The van der Waals surface area contributed by atoms with Gasteiger partial charge >= 0.3 is 0 Å². The molecule has 4 rings (SSSR count). The van der Waals surface area contributed by atoms with Gasteiger partial charge in [0, 0.05) is 12.1 Å². The highest BCUT2D eigenvalue weighted by Gasteiger charge is 2.10. The van der Waals surface area contributed by atoms with E-state index in [1.165, 1.54) is 19.3 Å². The summed E-state index contributed by atoms with van der Waals surface area (Å²) in [6, 6.07) is 14.8. The summed E-state index contributed by atoms with van der Waals surface area (Å²) in [5.74, 6) is 0. The molecule has 0 fully saturated rings. The molecule has 0 saturated heterocycles. The SMILES string of the molecule is NCc1ccc2c(c1)COC(N)=N2.c1ccc2c(c1)CCC2. The molecule has 22 heavy (non-hydrogen) atoms. The minimum absolute atomic E-state index is 0.230. The van der Waals surface area contributed by atoms with Crippen LogP contribution in [0.4, 0.5) is 5.69 Å². The van der Waals surface area contributed by atoms with E-state index in [9.17, 15) is 0 Å². The molecule has 0 saturated carbocycles. The summed E-state index contributed by atoms with van der Waals surface area (Å²) in [6.07, 6.45) is 3.96. The van der Waals surface area contributed by atoms with Crippen LogP contribution >= 0.6 is 0 Å². The molecule has 4 heteroatoms. The molecule has 0 amide bonds. The fourth-order valence-corrected chi connectivity index (χ4v) is 2.81. The summed E-state index contributed by atoms with van der Waals surface area (Å²) in [6.45, 7) is 1.02. The van der Waals surface area contributed by atoms with Crippen LogP contribution < -0.4 is 11.5 Å². The highest BCUT2D eigenvalue weighted by molar-refractivity contribution is 5.77. The first-order valence-electron chi connectivity index (χ1n) is 7.62. The molecule has 0 bridgehead atoms. The van der Waals surface area contributed by atoms with E-state index in [-0.39, 0.29) is 6.02 Å². The number of amidine groups is 1. The molecule has 1 aliphatic carbocycles. The number of nitrogens with two attached hydrogens (primary N) is 2. The van der Waals surface area contributed by atoms with E-state index in [2.05, 4.69) is 29.3 Å². The number of fused-ring (bicyclic) bond motifs is 2. The van der Waals surface area contributed by atoms with Crippen LogP contribution in [0.5, 0.6) is 0 Å². The van der Waals surface area contributed by atoms with Crippen LogP contribution in [0, 0.1) is 0 Å². The first-order valence-corrected chi connectivity index (χ1v) is 7.62. The second kappa shape index (κ2) is 6.62. The normalized spacial score (nSPS) is 14.9. The Labute approximate surface area is 130 Å². The standard InChI is InChI=1S/C9H11N3O.C9H10/c10-4-6-1-2-8-7(3-6)5-13-9(11)12-8;1-2-5-9-7-3-6-8(9)4-1/h1-3H,4-5,10H2,(H2,11,12);1-2,4-5H,3,6-7H2. The van der Waals surface area contributed by atoms with Gasteiger partial charge in [-0.25, -0.2) is 0 Å². The lowest BCUT2D eigenvalue weighted by molar-refractivity contribution is 0.282. The monoisotopic (exact) mass is 295 g/mol. The fourth-order valence-electron chi connectivity index (χ4n) is 2.81. The Morgan fingerprint density at radius 2 is 1.73 bits per heavy atom. The number of hydrogen-bond donors (Lipinski definition) is 2. The van der Waals surface area contributed by atoms with Gasteiger partial charge in [-0.1, -0.05) is 30.3 Å². The highest BCUT2D eigenvalue weighted by atomic mass is 16.5. The van der Waals surface area contributed by atoms with Gasteiger partial charge in [0.15, 0.2) is 0 Å². The lowest BCUT2D eigenvalue weighted by Crippen LogP contribution is -2.18. The predicted octanol–water partition coefficient (Wildman–Crippen LogP) is 2.80. The molecular weight excluding hydrogens is 274 g/mol. The van der Waals surface area contributed by atoms with Crippen molar-refractivity contribution in [2.24, 2.45) is 16.5 Å². The van der Waals surface area contributed by atoms with E-state index in [4.69, 9.17) is 16.2 Å². The topological polar surface area (TPSA) is 73.6 Å². The van der Waals surface area contributed by atoms with Crippen molar-refractivity contribution in [3.63, 3.8) is 0 Å². The molecule has 4 nitrogen and oxygen atoms in total. The molecule has 2 aromatic carbocycles. The Hall–Kier alpha value is -2.33. The summed E-state index contributed by atoms with van der Waals surface area (Å²) in [4.78, 5) is 4.05. The van der Waals surface area contributed by atoms with Crippen molar-refractivity contribution in [2.45, 2.75) is 32.4 Å². The molecule has 2 aromatic rings. The highest BCUT2D eigenvalue weighted by Crippen LogP contribution is 2.24. The van der Waals surface area contributed by atoms with Gasteiger partial charge < -0.3 is 16.2 Å². The van der Waals surface area contributed by atoms with E-state index >= 15 is 0 Å². The maximum Gasteiger partial charge on any atom is 0.287 e. The number of benzene rings is 2. The molecule has 0 atom stereocenters. The molecule has 1 aliphatic heterocycles. The lowest BCUT2D eigenvalue weighted by atomic mass is 10.1. The van der Waals surface area contributed by atoms with Gasteiger partial charge in [-0.3, -0.25) is 0 Å². The molecule has 2 aliphatic rings. The Kier molecular flexibility index (Phi) is 4.39. The number of nitrogens with zero attached hydrogens (tertiary/aromatic N) is 1. The minimum Gasteiger partial charge on any atom is -0.460 e. The molecule has 1 heterocycles. The van der Waals surface area contributed by atoms with Crippen LogP contribution in [0.2, 0.25) is 0 Å². The van der Waals surface area contributed by atoms with Crippen molar-refractivity contribution < 1.29 is 4.74 Å². The van der Waals surface area contributed by atoms with Crippen molar-refractivity contribution in [3.05, 3.63) is 64.7 Å². The van der Waals surface area contributed by atoms with Crippen molar-refractivity contribution in [1.29, 1.82) is 0 Å². The zero-order valence-electron chi connectivity index (χ0n) is 12.6. The Morgan fingerprint density at radius 1 is 1.00 bits per heavy atom. The van der Waals surface area contributed by atoms with Crippen LogP contribution in [-0.4, -0.2) is 6.02 Å². The lowest BCUT2D eigenvalue weighted by Gasteiger charge is -2.14. The number of rotatable bonds is 1. The maximum atomic E-state index is 5.51. The van der Waals surface area contributed by atoms with Gasteiger partial charge in [-0.05, 0) is 48.1 Å². The van der Waals surface area contributed by atoms with Crippen LogP contribution in [0.25, 0.3) is 0 Å². The molecular formula is C18H21N3O. The third-order valence-corrected chi connectivity index (χ3v) is 4.00. The largest absolute Gasteiger partial charge is 0.460 e. The first-order chi connectivity index (χ1) is 10.8. The molecule has 4 N–H and O–H groups in total. The zero-order valence-corrected chi connectivity index (χ0v) is 12.6. The Bertz CT molecular complexity index is 671. The van der Waals surface area contributed by atoms with E-state index < -0.39 is 0 Å². The van der Waals surface area contributed by atoms with E-state index in [1.807, 2.05) is 18.2 Å². The maximum absolute atomic E-state index is 5.51.